The molecule has 0 aliphatic carbocycles. The Bertz CT molecular complexity index is 1430. The Morgan fingerprint density at radius 2 is 1.80 bits per heavy atom. The van der Waals surface area contributed by atoms with Gasteiger partial charge in [-0.2, -0.15) is 0 Å². The topological polar surface area (TPSA) is 44.6 Å². The molecule has 4 aromatic rings. The highest BCUT2D eigenvalue weighted by Gasteiger charge is 2.24. The third-order valence-electron chi connectivity index (χ3n) is 7.79. The number of anilines is 1. The van der Waals surface area contributed by atoms with E-state index < -0.39 is 0 Å². The molecule has 35 heavy (non-hydrogen) atoms. The molecule has 4 heterocycles. The second-order valence-electron chi connectivity index (χ2n) is 9.83. The molecule has 2 aromatic carbocycles. The van der Waals surface area contributed by atoms with Crippen molar-refractivity contribution in [2.24, 2.45) is 0 Å². The SMILES string of the molecule is CCN1CCc2sc3ncn(CCN4CCN(c5c(C)ccc6ccccc56)CC4)c(=O)c3c2C1. The smallest absolute Gasteiger partial charge is 0.262 e. The van der Waals surface area contributed by atoms with Crippen LogP contribution >= 0.6 is 11.3 Å². The van der Waals surface area contributed by atoms with Crippen molar-refractivity contribution >= 4 is 38.0 Å². The summed E-state index contributed by atoms with van der Waals surface area (Å²) in [6.45, 7) is 13.0. The van der Waals surface area contributed by atoms with Crippen molar-refractivity contribution in [2.45, 2.75) is 33.4 Å². The average Bonchev–Trinajstić information content (AvgIpc) is 3.27. The average molecular weight is 488 g/mol. The molecular formula is C28H33N5OS. The maximum atomic E-state index is 13.4. The molecule has 2 aliphatic rings. The molecule has 0 atom stereocenters. The third kappa shape index (κ3) is 4.15. The zero-order valence-corrected chi connectivity index (χ0v) is 21.5. The van der Waals surface area contributed by atoms with Crippen LogP contribution in [0.5, 0.6) is 0 Å². The lowest BCUT2D eigenvalue weighted by Gasteiger charge is -2.37. The number of rotatable bonds is 5. The first-order valence-corrected chi connectivity index (χ1v) is 13.6. The van der Waals surface area contributed by atoms with E-state index in [4.69, 9.17) is 0 Å². The molecule has 0 amide bonds. The predicted molar refractivity (Wildman–Crippen MR) is 146 cm³/mol. The minimum absolute atomic E-state index is 0.135. The van der Waals surface area contributed by atoms with Gasteiger partial charge in [-0.3, -0.25) is 19.2 Å². The zero-order chi connectivity index (χ0) is 23.9. The molecule has 7 heteroatoms. The van der Waals surface area contributed by atoms with Crippen LogP contribution in [0.3, 0.4) is 0 Å². The van der Waals surface area contributed by atoms with Crippen LogP contribution in [-0.2, 0) is 19.5 Å². The second-order valence-corrected chi connectivity index (χ2v) is 10.9. The molecule has 2 aliphatic heterocycles. The Kier molecular flexibility index (Phi) is 6.08. The van der Waals surface area contributed by atoms with Crippen molar-refractivity contribution in [1.82, 2.24) is 19.4 Å². The van der Waals surface area contributed by atoms with Crippen LogP contribution < -0.4 is 10.5 Å². The monoisotopic (exact) mass is 487 g/mol. The Hall–Kier alpha value is -2.74. The van der Waals surface area contributed by atoms with Crippen LogP contribution in [0, 0.1) is 6.92 Å². The molecule has 1 fully saturated rings. The standard InChI is InChI=1S/C28H33N5OS/c1-3-30-11-10-24-23(18-30)25-27(35-24)29-19-33(28(25)34)17-14-31-12-15-32(16-13-31)26-20(2)8-9-21-6-4-5-7-22(21)26/h4-9,19H,3,10-18H2,1-2H3. The van der Waals surface area contributed by atoms with Gasteiger partial charge < -0.3 is 4.90 Å². The number of hydrogen-bond donors (Lipinski definition) is 0. The quantitative estimate of drug-likeness (QED) is 0.424. The van der Waals surface area contributed by atoms with Crippen molar-refractivity contribution in [2.75, 3.05) is 50.7 Å². The van der Waals surface area contributed by atoms with Gasteiger partial charge >= 0.3 is 0 Å². The first kappa shape index (κ1) is 22.7. The number of likely N-dealkylation sites (N-methyl/N-ethyl adjacent to an activating group) is 1. The molecular weight excluding hydrogens is 454 g/mol. The number of piperazine rings is 1. The molecule has 6 rings (SSSR count). The summed E-state index contributed by atoms with van der Waals surface area (Å²) in [6, 6.07) is 13.1. The van der Waals surface area contributed by atoms with E-state index >= 15 is 0 Å². The number of fused-ring (bicyclic) bond motifs is 4. The van der Waals surface area contributed by atoms with Gasteiger partial charge in [0.2, 0.25) is 0 Å². The van der Waals surface area contributed by atoms with Crippen LogP contribution in [0.25, 0.3) is 21.0 Å². The maximum absolute atomic E-state index is 13.4. The predicted octanol–water partition coefficient (Wildman–Crippen LogP) is 4.12. The Morgan fingerprint density at radius 1 is 0.971 bits per heavy atom. The molecule has 0 saturated carbocycles. The van der Waals surface area contributed by atoms with E-state index in [1.807, 2.05) is 4.57 Å². The molecule has 1 saturated heterocycles. The minimum Gasteiger partial charge on any atom is -0.368 e. The number of benzene rings is 2. The van der Waals surface area contributed by atoms with Crippen LogP contribution in [0.4, 0.5) is 5.69 Å². The van der Waals surface area contributed by atoms with Gasteiger partial charge in [-0.15, -0.1) is 11.3 Å². The maximum Gasteiger partial charge on any atom is 0.262 e. The van der Waals surface area contributed by atoms with E-state index in [-0.39, 0.29) is 5.56 Å². The normalized spacial score (nSPS) is 17.4. The number of nitrogens with zero attached hydrogens (tertiary/aromatic N) is 5. The van der Waals surface area contributed by atoms with Gasteiger partial charge in [0.1, 0.15) is 4.83 Å². The Morgan fingerprint density at radius 3 is 2.63 bits per heavy atom. The minimum atomic E-state index is 0.135. The lowest BCUT2D eigenvalue weighted by Crippen LogP contribution is -2.47. The van der Waals surface area contributed by atoms with Gasteiger partial charge in [-0.05, 0) is 36.4 Å². The largest absolute Gasteiger partial charge is 0.368 e. The van der Waals surface area contributed by atoms with Crippen molar-refractivity contribution < 1.29 is 0 Å². The first-order chi connectivity index (χ1) is 17.1. The molecule has 0 N–H and O–H groups in total. The van der Waals surface area contributed by atoms with E-state index in [0.717, 1.165) is 69.0 Å². The molecule has 0 bridgehead atoms. The summed E-state index contributed by atoms with van der Waals surface area (Å²) in [5.74, 6) is 0. The fraction of sp³-hybridized carbons (Fsp3) is 0.429. The van der Waals surface area contributed by atoms with Crippen molar-refractivity contribution in [3.63, 3.8) is 0 Å². The molecule has 0 radical (unpaired) electrons. The van der Waals surface area contributed by atoms with E-state index in [1.165, 1.54) is 32.5 Å². The van der Waals surface area contributed by atoms with Gasteiger partial charge in [0.15, 0.2) is 0 Å². The van der Waals surface area contributed by atoms with Crippen molar-refractivity contribution in [3.05, 3.63) is 69.1 Å². The molecule has 6 nitrogen and oxygen atoms in total. The van der Waals surface area contributed by atoms with Gasteiger partial charge in [-0.25, -0.2) is 4.98 Å². The van der Waals surface area contributed by atoms with E-state index in [1.54, 1.807) is 17.7 Å². The van der Waals surface area contributed by atoms with Gasteiger partial charge in [0, 0.05) is 68.3 Å². The van der Waals surface area contributed by atoms with Gasteiger partial charge in [0.05, 0.1) is 11.7 Å². The third-order valence-corrected chi connectivity index (χ3v) is 8.99. The Labute approximate surface area is 210 Å². The molecule has 182 valence electrons. The lowest BCUT2D eigenvalue weighted by molar-refractivity contribution is 0.247. The van der Waals surface area contributed by atoms with Crippen LogP contribution in [0.2, 0.25) is 0 Å². The molecule has 0 spiro atoms. The van der Waals surface area contributed by atoms with Gasteiger partial charge in [0.25, 0.3) is 5.56 Å². The first-order valence-electron chi connectivity index (χ1n) is 12.8. The lowest BCUT2D eigenvalue weighted by atomic mass is 10.0. The second kappa shape index (κ2) is 9.37. The number of aromatic nitrogens is 2. The van der Waals surface area contributed by atoms with Crippen LogP contribution in [0.15, 0.2) is 47.5 Å². The van der Waals surface area contributed by atoms with Crippen molar-refractivity contribution in [3.8, 4) is 0 Å². The summed E-state index contributed by atoms with van der Waals surface area (Å²) < 4.78 is 1.83. The summed E-state index contributed by atoms with van der Waals surface area (Å²) >= 11 is 1.71. The van der Waals surface area contributed by atoms with Crippen LogP contribution in [-0.4, -0.2) is 65.2 Å². The number of thiophene rings is 1. The Balaban J connectivity index is 1.15. The fourth-order valence-electron chi connectivity index (χ4n) is 5.72. The van der Waals surface area contributed by atoms with Crippen molar-refractivity contribution in [1.29, 1.82) is 0 Å². The van der Waals surface area contributed by atoms with E-state index in [9.17, 15) is 4.79 Å². The van der Waals surface area contributed by atoms with E-state index in [2.05, 4.69) is 69.9 Å². The summed E-state index contributed by atoms with van der Waals surface area (Å²) in [5.41, 5.74) is 4.07. The highest BCUT2D eigenvalue weighted by Crippen LogP contribution is 2.33. The summed E-state index contributed by atoms with van der Waals surface area (Å²) in [4.78, 5) is 27.8. The summed E-state index contributed by atoms with van der Waals surface area (Å²) in [6.07, 6.45) is 2.80. The highest BCUT2D eigenvalue weighted by molar-refractivity contribution is 7.18. The fourth-order valence-corrected chi connectivity index (χ4v) is 6.85. The number of hydrogen-bond acceptors (Lipinski definition) is 6. The van der Waals surface area contributed by atoms with E-state index in [0.29, 0.717) is 6.54 Å². The number of aryl methyl sites for hydroxylation is 1. The molecule has 2 aromatic heterocycles. The van der Waals surface area contributed by atoms with Crippen LogP contribution in [0.1, 0.15) is 22.9 Å². The summed E-state index contributed by atoms with van der Waals surface area (Å²) in [5, 5.41) is 3.50. The molecule has 0 unspecified atom stereocenters. The highest BCUT2D eigenvalue weighted by atomic mass is 32.1. The van der Waals surface area contributed by atoms with Gasteiger partial charge in [-0.1, -0.05) is 43.3 Å². The summed E-state index contributed by atoms with van der Waals surface area (Å²) in [7, 11) is 0. The zero-order valence-electron chi connectivity index (χ0n) is 20.7.